The van der Waals surface area contributed by atoms with Crippen LogP contribution < -0.4 is 4.74 Å². The van der Waals surface area contributed by atoms with Gasteiger partial charge in [-0.3, -0.25) is 4.79 Å². The maximum absolute atomic E-state index is 11.4. The maximum Gasteiger partial charge on any atom is 0.163 e. The molecule has 2 nitrogen and oxygen atoms in total. The summed E-state index contributed by atoms with van der Waals surface area (Å²) in [5, 5.41) is 0. The molecule has 0 saturated heterocycles. The van der Waals surface area contributed by atoms with Crippen LogP contribution in [-0.2, 0) is 0 Å². The zero-order valence-corrected chi connectivity index (χ0v) is 9.20. The molecule has 15 heavy (non-hydrogen) atoms. The number of rotatable bonds is 1. The Hall–Kier alpha value is -1.57. The molecule has 1 aliphatic rings. The van der Waals surface area contributed by atoms with Crippen molar-refractivity contribution in [2.75, 3.05) is 0 Å². The van der Waals surface area contributed by atoms with Gasteiger partial charge in [0.2, 0.25) is 0 Å². The van der Waals surface area contributed by atoms with Crippen LogP contribution in [0, 0.1) is 0 Å². The first-order chi connectivity index (χ1) is 6.99. The fraction of sp³-hybridized carbons (Fsp3) is 0.308. The van der Waals surface area contributed by atoms with Gasteiger partial charge in [0, 0.05) is 5.56 Å². The summed E-state index contributed by atoms with van der Waals surface area (Å²) in [4.78, 5) is 11.4. The van der Waals surface area contributed by atoms with Crippen LogP contribution in [0.15, 0.2) is 24.3 Å². The Morgan fingerprint density at radius 2 is 2.07 bits per heavy atom. The number of benzene rings is 1. The number of carbonyl (C=O) groups is 1. The molecule has 0 bridgehead atoms. The van der Waals surface area contributed by atoms with Gasteiger partial charge in [-0.15, -0.1) is 0 Å². The summed E-state index contributed by atoms with van der Waals surface area (Å²) in [5.41, 5.74) is 1.30. The Morgan fingerprint density at radius 1 is 1.33 bits per heavy atom. The molecule has 0 N–H and O–H groups in total. The predicted molar refractivity (Wildman–Crippen MR) is 60.2 cm³/mol. The van der Waals surface area contributed by atoms with Gasteiger partial charge in [-0.25, -0.2) is 0 Å². The van der Waals surface area contributed by atoms with E-state index in [1.807, 2.05) is 38.1 Å². The van der Waals surface area contributed by atoms with E-state index in [9.17, 15) is 4.79 Å². The number of Topliss-reactive ketones (excluding diaryl/α,β-unsaturated/α-hetero) is 1. The van der Waals surface area contributed by atoms with Crippen LogP contribution in [0.1, 0.15) is 36.7 Å². The maximum atomic E-state index is 11.4. The Balaban J connectivity index is 2.58. The standard InChI is InChI=1S/C13H14O2/c1-9(14)11-6-4-5-10-7-8-13(2,3)15-12(10)11/h4-8H,1-3H3. The highest BCUT2D eigenvalue weighted by atomic mass is 16.5. The van der Waals surface area contributed by atoms with Gasteiger partial charge in [0.05, 0.1) is 5.56 Å². The third kappa shape index (κ3) is 1.80. The molecule has 1 aliphatic heterocycles. The summed E-state index contributed by atoms with van der Waals surface area (Å²) < 4.78 is 5.80. The van der Waals surface area contributed by atoms with E-state index in [1.165, 1.54) is 0 Å². The first kappa shape index (κ1) is 9.97. The zero-order valence-electron chi connectivity index (χ0n) is 9.20. The molecule has 78 valence electrons. The molecule has 1 aromatic carbocycles. The number of carbonyl (C=O) groups excluding carboxylic acids is 1. The van der Waals surface area contributed by atoms with Gasteiger partial charge in [-0.05, 0) is 32.9 Å². The normalized spacial score (nSPS) is 16.7. The van der Waals surface area contributed by atoms with Crippen molar-refractivity contribution in [1.29, 1.82) is 0 Å². The van der Waals surface area contributed by atoms with E-state index in [0.717, 1.165) is 5.56 Å². The number of ether oxygens (including phenoxy) is 1. The lowest BCUT2D eigenvalue weighted by Crippen LogP contribution is -2.28. The minimum Gasteiger partial charge on any atom is -0.482 e. The lowest BCUT2D eigenvalue weighted by molar-refractivity contribution is 0.1000. The van der Waals surface area contributed by atoms with E-state index in [1.54, 1.807) is 13.0 Å². The third-order valence-corrected chi connectivity index (χ3v) is 2.45. The average Bonchev–Trinajstić information content (AvgIpc) is 2.15. The molecule has 1 heterocycles. The highest BCUT2D eigenvalue weighted by Crippen LogP contribution is 2.33. The van der Waals surface area contributed by atoms with Crippen LogP contribution in [0.5, 0.6) is 5.75 Å². The summed E-state index contributed by atoms with van der Waals surface area (Å²) in [6.07, 6.45) is 4.00. The molecular formula is C13H14O2. The molecule has 0 aliphatic carbocycles. The highest BCUT2D eigenvalue weighted by molar-refractivity contribution is 5.98. The second-order valence-electron chi connectivity index (χ2n) is 4.32. The number of fused-ring (bicyclic) bond motifs is 1. The molecule has 0 atom stereocenters. The van der Waals surface area contributed by atoms with E-state index in [0.29, 0.717) is 11.3 Å². The van der Waals surface area contributed by atoms with E-state index >= 15 is 0 Å². The van der Waals surface area contributed by atoms with Crippen molar-refractivity contribution in [2.24, 2.45) is 0 Å². The van der Waals surface area contributed by atoms with Crippen LogP contribution in [0.2, 0.25) is 0 Å². The lowest BCUT2D eigenvalue weighted by atomic mass is 9.99. The van der Waals surface area contributed by atoms with E-state index in [-0.39, 0.29) is 11.4 Å². The Bertz CT molecular complexity index is 442. The van der Waals surface area contributed by atoms with Gasteiger partial charge in [0.1, 0.15) is 11.4 Å². The van der Waals surface area contributed by atoms with Crippen LogP contribution in [0.3, 0.4) is 0 Å². The summed E-state index contributed by atoms with van der Waals surface area (Å²) in [6.45, 7) is 5.51. The fourth-order valence-corrected chi connectivity index (χ4v) is 1.66. The van der Waals surface area contributed by atoms with Crippen LogP contribution in [0.25, 0.3) is 6.08 Å². The minimum atomic E-state index is -0.335. The minimum absolute atomic E-state index is 0.0398. The predicted octanol–water partition coefficient (Wildman–Crippen LogP) is 3.07. The SMILES string of the molecule is CC(=O)c1cccc2c1OC(C)(C)C=C2. The van der Waals surface area contributed by atoms with E-state index < -0.39 is 0 Å². The Labute approximate surface area is 89.6 Å². The van der Waals surface area contributed by atoms with Crippen LogP contribution >= 0.6 is 0 Å². The number of hydrogen-bond acceptors (Lipinski definition) is 2. The topological polar surface area (TPSA) is 26.3 Å². The summed E-state index contributed by atoms with van der Waals surface area (Å²) in [7, 11) is 0. The molecule has 0 spiro atoms. The zero-order chi connectivity index (χ0) is 11.1. The van der Waals surface area contributed by atoms with Gasteiger partial charge in [-0.2, -0.15) is 0 Å². The molecule has 0 radical (unpaired) electrons. The van der Waals surface area contributed by atoms with Gasteiger partial charge in [0.15, 0.2) is 5.78 Å². The molecule has 0 saturated carbocycles. The van der Waals surface area contributed by atoms with E-state index in [2.05, 4.69) is 0 Å². The van der Waals surface area contributed by atoms with Crippen molar-refractivity contribution in [2.45, 2.75) is 26.4 Å². The molecule has 0 unspecified atom stereocenters. The number of para-hydroxylation sites is 1. The number of ketones is 1. The van der Waals surface area contributed by atoms with Crippen molar-refractivity contribution >= 4 is 11.9 Å². The van der Waals surface area contributed by atoms with Gasteiger partial charge >= 0.3 is 0 Å². The molecule has 2 rings (SSSR count). The first-order valence-electron chi connectivity index (χ1n) is 5.02. The highest BCUT2D eigenvalue weighted by Gasteiger charge is 2.24. The second kappa shape index (κ2) is 3.23. The van der Waals surface area contributed by atoms with Gasteiger partial charge < -0.3 is 4.74 Å². The molecule has 2 heteroatoms. The Kier molecular flexibility index (Phi) is 2.14. The molecule has 0 fully saturated rings. The van der Waals surface area contributed by atoms with Crippen LogP contribution in [0.4, 0.5) is 0 Å². The Morgan fingerprint density at radius 3 is 2.73 bits per heavy atom. The monoisotopic (exact) mass is 202 g/mol. The quantitative estimate of drug-likeness (QED) is 0.654. The first-order valence-corrected chi connectivity index (χ1v) is 5.02. The number of hydrogen-bond donors (Lipinski definition) is 0. The molecule has 1 aromatic rings. The van der Waals surface area contributed by atoms with Crippen molar-refractivity contribution in [3.8, 4) is 5.75 Å². The fourth-order valence-electron chi connectivity index (χ4n) is 1.66. The largest absolute Gasteiger partial charge is 0.482 e. The molecule has 0 amide bonds. The molecular weight excluding hydrogens is 188 g/mol. The smallest absolute Gasteiger partial charge is 0.163 e. The van der Waals surface area contributed by atoms with E-state index in [4.69, 9.17) is 4.74 Å². The second-order valence-corrected chi connectivity index (χ2v) is 4.32. The van der Waals surface area contributed by atoms with Crippen molar-refractivity contribution in [3.63, 3.8) is 0 Å². The lowest BCUT2D eigenvalue weighted by Gasteiger charge is -2.28. The van der Waals surface area contributed by atoms with Crippen molar-refractivity contribution in [1.82, 2.24) is 0 Å². The van der Waals surface area contributed by atoms with Crippen molar-refractivity contribution < 1.29 is 9.53 Å². The summed E-state index contributed by atoms with van der Waals surface area (Å²) >= 11 is 0. The van der Waals surface area contributed by atoms with Gasteiger partial charge in [-0.1, -0.05) is 18.2 Å². The van der Waals surface area contributed by atoms with Crippen LogP contribution in [-0.4, -0.2) is 11.4 Å². The third-order valence-electron chi connectivity index (χ3n) is 2.45. The summed E-state index contributed by atoms with van der Waals surface area (Å²) in [6, 6.07) is 5.63. The van der Waals surface area contributed by atoms with Gasteiger partial charge in [0.25, 0.3) is 0 Å². The molecule has 0 aromatic heterocycles. The average molecular weight is 202 g/mol. The summed E-state index contributed by atoms with van der Waals surface area (Å²) in [5.74, 6) is 0.746. The van der Waals surface area contributed by atoms with Crippen molar-refractivity contribution in [3.05, 3.63) is 35.4 Å².